The lowest BCUT2D eigenvalue weighted by atomic mass is 9.99. The van der Waals surface area contributed by atoms with Crippen molar-refractivity contribution >= 4 is 104 Å². The summed E-state index contributed by atoms with van der Waals surface area (Å²) in [4.78, 5) is 27.7. The molecule has 0 amide bonds. The van der Waals surface area contributed by atoms with Crippen LogP contribution >= 0.6 is 0 Å². The molecule has 0 saturated heterocycles. The first kappa shape index (κ1) is 53.3. The van der Waals surface area contributed by atoms with E-state index in [1.54, 1.807) is 0 Å². The van der Waals surface area contributed by atoms with E-state index >= 15 is 0 Å². The fraction of sp³-hybridized carbons (Fsp3) is 0. The molecule has 96 heavy (non-hydrogen) atoms. The molecule has 0 saturated carbocycles. The molecule has 0 unspecified atom stereocenters. The molecule has 9 aromatic carbocycles. The van der Waals surface area contributed by atoms with E-state index in [4.69, 9.17) is 0 Å². The predicted molar refractivity (Wildman–Crippen MR) is 388 cm³/mol. The van der Waals surface area contributed by atoms with Gasteiger partial charge in [-0.05, 0) is 149 Å². The molecular weight excluding hydrogens is 1180 g/mol. The Morgan fingerprint density at radius 2 is 0.552 bits per heavy atom. The third kappa shape index (κ3) is 7.81. The number of benzene rings is 9. The fourth-order valence-electron chi connectivity index (χ4n) is 15.5. The maximum atomic E-state index is 13.0. The number of rotatable bonds is 9. The van der Waals surface area contributed by atoms with Gasteiger partial charge in [0.05, 0.1) is 66.7 Å². The minimum absolute atomic E-state index is 0.515. The first-order chi connectivity index (χ1) is 47.6. The number of hydrogen-bond donors (Lipinski definition) is 0. The second-order valence-corrected chi connectivity index (χ2v) is 24.7. The van der Waals surface area contributed by atoms with Gasteiger partial charge in [0.25, 0.3) is 0 Å². The van der Waals surface area contributed by atoms with E-state index < -0.39 is 0 Å². The van der Waals surface area contributed by atoms with E-state index in [2.05, 4.69) is 242 Å². The molecule has 0 aliphatic heterocycles. The Morgan fingerprint density at radius 1 is 0.240 bits per heavy atom. The van der Waals surface area contributed by atoms with Crippen molar-refractivity contribution in [1.82, 2.24) is 48.0 Å². The molecule has 0 spiro atoms. The summed E-state index contributed by atoms with van der Waals surface area (Å²) >= 11 is 0. The van der Waals surface area contributed by atoms with Gasteiger partial charge in [-0.1, -0.05) is 109 Å². The van der Waals surface area contributed by atoms with Crippen molar-refractivity contribution in [3.05, 3.63) is 304 Å². The summed E-state index contributed by atoms with van der Waals surface area (Å²) in [6.07, 6.45) is 22.5. The molecule has 0 bridgehead atoms. The maximum absolute atomic E-state index is 13.0. The normalized spacial score (nSPS) is 11.9. The molecule has 0 radical (unpaired) electrons. The third-order valence-electron chi connectivity index (χ3n) is 19.6. The van der Waals surface area contributed by atoms with Crippen molar-refractivity contribution in [3.8, 4) is 89.9 Å². The van der Waals surface area contributed by atoms with Crippen molar-refractivity contribution in [2.24, 2.45) is 0 Å². The molecule has 0 N–H and O–H groups in total. The topological polar surface area (TPSA) is 120 Å². The SMILES string of the molecule is N#Cc1c(-n2c3ccc(-c4cccnc4)cc3c3cc(-c4cccnc4)ccc32)c(-n2c3ccc(-c4cccnc4)cc3c3cc(-c4cccnc4)ccc32)c(-n2c3ccc(-c4cccnc4)cc3c3cc(-c4cccnc4)ccc32)c2c3cccc4c5ccccc5n(c12)c43. The van der Waals surface area contributed by atoms with Gasteiger partial charge in [-0.15, -0.1) is 0 Å². The van der Waals surface area contributed by atoms with Gasteiger partial charge >= 0.3 is 0 Å². The van der Waals surface area contributed by atoms with Crippen LogP contribution in [-0.4, -0.2) is 48.0 Å². The number of pyridine rings is 6. The van der Waals surface area contributed by atoms with E-state index in [0.29, 0.717) is 11.3 Å². The van der Waals surface area contributed by atoms with E-state index in [-0.39, 0.29) is 0 Å². The predicted octanol–water partition coefficient (Wildman–Crippen LogP) is 20.4. The van der Waals surface area contributed by atoms with Crippen molar-refractivity contribution in [2.75, 3.05) is 0 Å². The van der Waals surface area contributed by atoms with Gasteiger partial charge in [0, 0.05) is 162 Å². The number of hydrogen-bond acceptors (Lipinski definition) is 7. The lowest BCUT2D eigenvalue weighted by Gasteiger charge is -2.25. The van der Waals surface area contributed by atoms with Gasteiger partial charge in [0.15, 0.2) is 0 Å². The van der Waals surface area contributed by atoms with Crippen LogP contribution in [0.4, 0.5) is 0 Å². The van der Waals surface area contributed by atoms with Crippen molar-refractivity contribution in [2.45, 2.75) is 0 Å². The molecule has 11 nitrogen and oxygen atoms in total. The van der Waals surface area contributed by atoms with Crippen LogP contribution in [0.2, 0.25) is 0 Å². The minimum atomic E-state index is 0.515. The molecule has 11 heterocycles. The summed E-state index contributed by atoms with van der Waals surface area (Å²) in [6, 6.07) is 83.8. The highest BCUT2D eigenvalue weighted by atomic mass is 15.1. The molecule has 20 rings (SSSR count). The zero-order valence-electron chi connectivity index (χ0n) is 51.2. The number of nitrogens with zero attached hydrogens (tertiary/aromatic N) is 11. The second kappa shape index (κ2) is 20.8. The van der Waals surface area contributed by atoms with Crippen LogP contribution in [-0.2, 0) is 0 Å². The van der Waals surface area contributed by atoms with Gasteiger partial charge in [0.1, 0.15) is 11.6 Å². The quantitative estimate of drug-likeness (QED) is 0.141. The Bertz CT molecular complexity index is 6320. The maximum Gasteiger partial charge on any atom is 0.104 e. The van der Waals surface area contributed by atoms with Crippen molar-refractivity contribution < 1.29 is 0 Å². The summed E-state index contributed by atoms with van der Waals surface area (Å²) < 4.78 is 9.77. The fourth-order valence-corrected chi connectivity index (χ4v) is 15.5. The summed E-state index contributed by atoms with van der Waals surface area (Å²) in [5.74, 6) is 0. The number of para-hydroxylation sites is 2. The number of nitriles is 1. The molecule has 0 atom stereocenters. The van der Waals surface area contributed by atoms with Gasteiger partial charge in [-0.2, -0.15) is 5.26 Å². The van der Waals surface area contributed by atoms with Crippen LogP contribution in [0.1, 0.15) is 5.56 Å². The number of aromatic nitrogens is 10. The van der Waals surface area contributed by atoms with Gasteiger partial charge in [0.2, 0.25) is 0 Å². The summed E-state index contributed by atoms with van der Waals surface area (Å²) in [5.41, 5.74) is 23.7. The molecule has 11 aromatic heterocycles. The molecule has 20 aromatic rings. The zero-order valence-corrected chi connectivity index (χ0v) is 51.2. The van der Waals surface area contributed by atoms with Crippen LogP contribution in [0, 0.1) is 11.3 Å². The van der Waals surface area contributed by atoms with Crippen molar-refractivity contribution in [3.63, 3.8) is 0 Å². The van der Waals surface area contributed by atoms with Crippen LogP contribution in [0.15, 0.2) is 299 Å². The number of fused-ring (bicyclic) bond motifs is 15. The molecule has 0 aliphatic carbocycles. The lowest BCUT2D eigenvalue weighted by Crippen LogP contribution is -2.12. The summed E-state index contributed by atoms with van der Waals surface area (Å²) in [7, 11) is 0. The van der Waals surface area contributed by atoms with Crippen LogP contribution < -0.4 is 0 Å². The van der Waals surface area contributed by atoms with Crippen LogP contribution in [0.3, 0.4) is 0 Å². The smallest absolute Gasteiger partial charge is 0.104 e. The van der Waals surface area contributed by atoms with Crippen LogP contribution in [0.5, 0.6) is 0 Å². The van der Waals surface area contributed by atoms with E-state index in [1.807, 2.05) is 111 Å². The highest BCUT2D eigenvalue weighted by Crippen LogP contribution is 2.53. The first-order valence-corrected chi connectivity index (χ1v) is 32.0. The van der Waals surface area contributed by atoms with Gasteiger partial charge < -0.3 is 18.1 Å². The Balaban J connectivity index is 1.05. The van der Waals surface area contributed by atoms with Gasteiger partial charge in [-0.3, -0.25) is 29.9 Å². The highest BCUT2D eigenvalue weighted by molar-refractivity contribution is 6.29. The van der Waals surface area contributed by atoms with Crippen molar-refractivity contribution in [1.29, 1.82) is 5.26 Å². The third-order valence-corrected chi connectivity index (χ3v) is 19.6. The Kier molecular flexibility index (Phi) is 11.5. The second-order valence-electron chi connectivity index (χ2n) is 24.7. The average molecular weight is 1220 g/mol. The minimum Gasteiger partial charge on any atom is -0.306 e. The summed E-state index contributed by atoms with van der Waals surface area (Å²) in [6.45, 7) is 0. The van der Waals surface area contributed by atoms with E-state index in [1.165, 1.54) is 0 Å². The lowest BCUT2D eigenvalue weighted by molar-refractivity contribution is 1.06. The van der Waals surface area contributed by atoms with Gasteiger partial charge in [-0.25, -0.2) is 0 Å². The largest absolute Gasteiger partial charge is 0.306 e. The Morgan fingerprint density at radius 3 is 0.885 bits per heavy atom. The summed E-state index contributed by atoms with van der Waals surface area (Å²) in [5, 5.41) is 23.4. The molecule has 0 aliphatic rings. The van der Waals surface area contributed by atoms with E-state index in [0.717, 1.165) is 182 Å². The monoisotopic (exact) mass is 1220 g/mol. The standard InChI is InChI=1S/C85H49N11/c86-44-72-82-80(65-18-3-17-64-63-16-1-2-19-73(63)96(82)81(64)65)84(94-76-28-22-53(59-12-6-34-89-47-59)40-68(76)69-41-54(23-29-77(69)94)60-13-7-35-90-48-60)85(95-78-30-24-55(61-14-8-36-91-49-61)42-70(78)71-43-56(25-31-79(71)95)62-15-9-37-92-50-62)83(72)93-74-26-20-51(57-10-4-32-87-45-57)38-66(74)67-39-52(21-27-75(67)93)58-11-5-33-88-46-58/h1-43,45-50H. The average Bonchev–Trinajstić information content (AvgIpc) is 1.50. The first-order valence-electron chi connectivity index (χ1n) is 32.0. The molecule has 444 valence electrons. The zero-order chi connectivity index (χ0) is 63.1. The molecular formula is C85H49N11. The Hall–Kier alpha value is -13.4. The van der Waals surface area contributed by atoms with Crippen LogP contribution in [0.25, 0.3) is 187 Å². The molecule has 11 heteroatoms. The van der Waals surface area contributed by atoms with E-state index in [9.17, 15) is 5.26 Å². The highest BCUT2D eigenvalue weighted by Gasteiger charge is 2.35. The molecule has 0 fully saturated rings. The Labute approximate surface area is 548 Å².